The molecule has 4 aromatic rings. The van der Waals surface area contributed by atoms with Crippen molar-refractivity contribution in [1.29, 1.82) is 0 Å². The number of nitrogens with one attached hydrogen (secondary N) is 2. The zero-order valence-electron chi connectivity index (χ0n) is 18.4. The van der Waals surface area contributed by atoms with Gasteiger partial charge in [-0.05, 0) is 64.7 Å². The molecular formula is C26H26ClN3O3. The lowest BCUT2D eigenvalue weighted by Gasteiger charge is -2.18. The molecule has 0 fully saturated rings. The summed E-state index contributed by atoms with van der Waals surface area (Å²) in [5.41, 5.74) is 6.88. The molecule has 1 aliphatic carbocycles. The van der Waals surface area contributed by atoms with E-state index < -0.39 is 0 Å². The van der Waals surface area contributed by atoms with Gasteiger partial charge in [0.15, 0.2) is 0 Å². The monoisotopic (exact) mass is 463 g/mol. The summed E-state index contributed by atoms with van der Waals surface area (Å²) in [5, 5.41) is 13.7. The molecule has 0 saturated heterocycles. The number of halogens is 1. The largest absolute Gasteiger partial charge is 0.481 e. The van der Waals surface area contributed by atoms with E-state index in [0.29, 0.717) is 29.9 Å². The van der Waals surface area contributed by atoms with Crippen molar-refractivity contribution in [3.05, 3.63) is 76.4 Å². The molecule has 5 rings (SSSR count). The Morgan fingerprint density at radius 1 is 1.18 bits per heavy atom. The molecule has 2 heterocycles. The number of rotatable bonds is 8. The van der Waals surface area contributed by atoms with Gasteiger partial charge in [-0.15, -0.1) is 0 Å². The molecule has 1 atom stereocenters. The number of aliphatic hydroxyl groups is 1. The maximum absolute atomic E-state index is 8.98. The van der Waals surface area contributed by atoms with Gasteiger partial charge in [0.25, 0.3) is 0 Å². The molecule has 2 aromatic heterocycles. The third-order valence-corrected chi connectivity index (χ3v) is 6.39. The van der Waals surface area contributed by atoms with Gasteiger partial charge in [-0.2, -0.15) is 4.98 Å². The van der Waals surface area contributed by atoms with Crippen LogP contribution in [-0.4, -0.2) is 35.3 Å². The van der Waals surface area contributed by atoms with Crippen LogP contribution < -0.4 is 14.8 Å². The molecule has 170 valence electrons. The minimum absolute atomic E-state index is 0.0623. The standard InChI is InChI=1S/C26H26ClN3O3/c1-32-25-18(15-28-11-12-31)14-22(27)26(30-25)33-24-8-6-20-19(3-2-4-21(20)24)16-5-7-23-17(13-16)9-10-29-23/h2-5,7,9-10,13-14,24,28-29,31H,6,8,11-12,15H2,1H3/t24-/m0/s1. The number of H-pyrrole nitrogens is 1. The van der Waals surface area contributed by atoms with Gasteiger partial charge < -0.3 is 24.9 Å². The Bertz CT molecular complexity index is 1290. The van der Waals surface area contributed by atoms with Crippen LogP contribution >= 0.6 is 11.6 Å². The van der Waals surface area contributed by atoms with Crippen molar-refractivity contribution < 1.29 is 14.6 Å². The average molecular weight is 464 g/mol. The van der Waals surface area contributed by atoms with Crippen molar-refractivity contribution in [2.45, 2.75) is 25.5 Å². The Labute approximate surface area is 197 Å². The first-order valence-electron chi connectivity index (χ1n) is 11.1. The number of hydrogen-bond donors (Lipinski definition) is 3. The van der Waals surface area contributed by atoms with Crippen LogP contribution in [0.25, 0.3) is 22.0 Å². The fourth-order valence-corrected chi connectivity index (χ4v) is 4.77. The predicted molar refractivity (Wildman–Crippen MR) is 130 cm³/mol. The molecule has 0 amide bonds. The second-order valence-corrected chi connectivity index (χ2v) is 8.55. The summed E-state index contributed by atoms with van der Waals surface area (Å²) < 4.78 is 11.8. The molecule has 0 bridgehead atoms. The summed E-state index contributed by atoms with van der Waals surface area (Å²) in [6.07, 6.45) is 3.63. The number of nitrogens with zero attached hydrogens (tertiary/aromatic N) is 1. The summed E-state index contributed by atoms with van der Waals surface area (Å²) in [7, 11) is 1.58. The van der Waals surface area contributed by atoms with E-state index in [-0.39, 0.29) is 12.7 Å². The maximum Gasteiger partial charge on any atom is 0.236 e. The molecule has 0 aliphatic heterocycles. The maximum atomic E-state index is 8.98. The number of fused-ring (bicyclic) bond motifs is 2. The van der Waals surface area contributed by atoms with Crippen molar-refractivity contribution in [2.24, 2.45) is 0 Å². The minimum Gasteiger partial charge on any atom is -0.481 e. The highest BCUT2D eigenvalue weighted by atomic mass is 35.5. The quantitative estimate of drug-likeness (QED) is 0.319. The van der Waals surface area contributed by atoms with Gasteiger partial charge in [0.2, 0.25) is 11.8 Å². The topological polar surface area (TPSA) is 79.4 Å². The van der Waals surface area contributed by atoms with Gasteiger partial charge in [0.05, 0.1) is 13.7 Å². The lowest BCUT2D eigenvalue weighted by atomic mass is 9.96. The second kappa shape index (κ2) is 9.43. The van der Waals surface area contributed by atoms with E-state index in [1.165, 1.54) is 27.6 Å². The molecule has 0 unspecified atom stereocenters. The van der Waals surface area contributed by atoms with Crippen LogP contribution in [-0.2, 0) is 13.0 Å². The van der Waals surface area contributed by atoms with Crippen LogP contribution in [0.3, 0.4) is 0 Å². The third kappa shape index (κ3) is 4.29. The Balaban J connectivity index is 1.42. The SMILES string of the molecule is COc1nc(O[C@H]2CCc3c(-c4ccc5[nH]ccc5c4)cccc32)c(Cl)cc1CNCCO. The Morgan fingerprint density at radius 2 is 2.09 bits per heavy atom. The van der Waals surface area contributed by atoms with Gasteiger partial charge in [0.1, 0.15) is 11.1 Å². The summed E-state index contributed by atoms with van der Waals surface area (Å²) in [4.78, 5) is 7.79. The van der Waals surface area contributed by atoms with Crippen LogP contribution in [0.15, 0.2) is 54.7 Å². The minimum atomic E-state index is -0.121. The first-order valence-corrected chi connectivity index (χ1v) is 11.5. The average Bonchev–Trinajstić information content (AvgIpc) is 3.47. The van der Waals surface area contributed by atoms with E-state index >= 15 is 0 Å². The fourth-order valence-electron chi connectivity index (χ4n) is 4.55. The lowest BCUT2D eigenvalue weighted by Crippen LogP contribution is -2.18. The Hall–Kier alpha value is -3.06. The summed E-state index contributed by atoms with van der Waals surface area (Å²) >= 11 is 6.53. The number of aliphatic hydroxyl groups excluding tert-OH is 1. The molecule has 6 nitrogen and oxygen atoms in total. The molecule has 33 heavy (non-hydrogen) atoms. The first kappa shape index (κ1) is 21.8. The zero-order chi connectivity index (χ0) is 22.8. The number of aromatic amines is 1. The van der Waals surface area contributed by atoms with Gasteiger partial charge in [-0.1, -0.05) is 35.9 Å². The van der Waals surface area contributed by atoms with E-state index in [4.69, 9.17) is 26.2 Å². The normalized spacial score (nSPS) is 15.1. The van der Waals surface area contributed by atoms with Crippen LogP contribution in [0.5, 0.6) is 11.8 Å². The van der Waals surface area contributed by atoms with Crippen molar-refractivity contribution >= 4 is 22.5 Å². The lowest BCUT2D eigenvalue weighted by molar-refractivity contribution is 0.196. The number of pyridine rings is 1. The second-order valence-electron chi connectivity index (χ2n) is 8.14. The molecule has 1 aliphatic rings. The molecule has 2 aromatic carbocycles. The van der Waals surface area contributed by atoms with E-state index in [0.717, 1.165) is 23.9 Å². The summed E-state index contributed by atoms with van der Waals surface area (Å²) in [6.45, 7) is 1.04. The van der Waals surface area contributed by atoms with Gasteiger partial charge in [0, 0.05) is 30.4 Å². The molecule has 0 spiro atoms. The van der Waals surface area contributed by atoms with Crippen LogP contribution in [0, 0.1) is 0 Å². The van der Waals surface area contributed by atoms with Crippen LogP contribution in [0.2, 0.25) is 5.02 Å². The summed E-state index contributed by atoms with van der Waals surface area (Å²) in [5.74, 6) is 0.836. The van der Waals surface area contributed by atoms with E-state index in [1.54, 1.807) is 7.11 Å². The molecular weight excluding hydrogens is 438 g/mol. The van der Waals surface area contributed by atoms with E-state index in [1.807, 2.05) is 12.3 Å². The molecule has 0 radical (unpaired) electrons. The predicted octanol–water partition coefficient (Wildman–Crippen LogP) is 5.04. The van der Waals surface area contributed by atoms with Crippen LogP contribution in [0.4, 0.5) is 0 Å². The van der Waals surface area contributed by atoms with Crippen molar-refractivity contribution in [3.8, 4) is 22.9 Å². The van der Waals surface area contributed by atoms with Gasteiger partial charge in [-0.25, -0.2) is 0 Å². The van der Waals surface area contributed by atoms with Crippen molar-refractivity contribution in [3.63, 3.8) is 0 Å². The zero-order valence-corrected chi connectivity index (χ0v) is 19.2. The highest BCUT2D eigenvalue weighted by Gasteiger charge is 2.28. The first-order chi connectivity index (χ1) is 16.2. The number of aromatic nitrogens is 2. The summed E-state index contributed by atoms with van der Waals surface area (Å²) in [6, 6.07) is 16.8. The van der Waals surface area contributed by atoms with Crippen LogP contribution in [0.1, 0.15) is 29.2 Å². The smallest absolute Gasteiger partial charge is 0.236 e. The van der Waals surface area contributed by atoms with E-state index in [2.05, 4.69) is 57.7 Å². The van der Waals surface area contributed by atoms with E-state index in [9.17, 15) is 0 Å². The highest BCUT2D eigenvalue weighted by molar-refractivity contribution is 6.31. The number of methoxy groups -OCH3 is 1. The highest BCUT2D eigenvalue weighted by Crippen LogP contribution is 2.42. The number of ether oxygens (including phenoxy) is 2. The van der Waals surface area contributed by atoms with Crippen molar-refractivity contribution in [1.82, 2.24) is 15.3 Å². The number of hydrogen-bond acceptors (Lipinski definition) is 5. The van der Waals surface area contributed by atoms with Crippen molar-refractivity contribution in [2.75, 3.05) is 20.3 Å². The molecule has 0 saturated carbocycles. The third-order valence-electron chi connectivity index (χ3n) is 6.11. The Kier molecular flexibility index (Phi) is 6.22. The Morgan fingerprint density at radius 3 is 2.94 bits per heavy atom. The fraction of sp³-hybridized carbons (Fsp3) is 0.269. The van der Waals surface area contributed by atoms with Gasteiger partial charge in [-0.3, -0.25) is 0 Å². The molecule has 3 N–H and O–H groups in total. The van der Waals surface area contributed by atoms with Gasteiger partial charge >= 0.3 is 0 Å². The molecule has 7 heteroatoms. The number of benzene rings is 2.